The summed E-state index contributed by atoms with van der Waals surface area (Å²) >= 11 is 0. The molecule has 7 heteroatoms. The fourth-order valence-electron chi connectivity index (χ4n) is 1.85. The summed E-state index contributed by atoms with van der Waals surface area (Å²) in [6.07, 6.45) is 2.04. The lowest BCUT2D eigenvalue weighted by Gasteiger charge is -2.16. The molecule has 1 saturated heterocycles. The van der Waals surface area contributed by atoms with Crippen molar-refractivity contribution in [3.63, 3.8) is 0 Å². The molecule has 0 aromatic carbocycles. The summed E-state index contributed by atoms with van der Waals surface area (Å²) in [7, 11) is 0. The highest BCUT2D eigenvalue weighted by Gasteiger charge is 2.24. The molecule has 1 aliphatic rings. The number of likely N-dealkylation sites (tertiary alicyclic amines) is 1. The number of urea groups is 1. The topological polar surface area (TPSA) is 98.7 Å². The number of nitrogens with zero attached hydrogens (tertiary/aromatic N) is 1. The molecule has 0 aromatic rings. The molecule has 1 atom stereocenters. The van der Waals surface area contributed by atoms with Crippen molar-refractivity contribution in [3.8, 4) is 0 Å². The van der Waals surface area contributed by atoms with Gasteiger partial charge in [0.1, 0.15) is 6.54 Å². The summed E-state index contributed by atoms with van der Waals surface area (Å²) in [6, 6.07) is -0.267. The minimum Gasteiger partial charge on any atom is -0.480 e. The Bertz CT molecular complexity index is 332. The van der Waals surface area contributed by atoms with E-state index in [9.17, 15) is 14.4 Å². The van der Waals surface area contributed by atoms with Crippen LogP contribution in [-0.4, -0.2) is 54.1 Å². The highest BCUT2D eigenvalue weighted by Crippen LogP contribution is 2.18. The number of hydrogen-bond acceptors (Lipinski definition) is 3. The van der Waals surface area contributed by atoms with Crippen LogP contribution in [0.3, 0.4) is 0 Å². The minimum absolute atomic E-state index is 0.195. The Hall–Kier alpha value is -1.79. The monoisotopic (exact) mass is 257 g/mol. The second kappa shape index (κ2) is 6.83. The van der Waals surface area contributed by atoms with Gasteiger partial charge in [-0.3, -0.25) is 9.59 Å². The zero-order valence-electron chi connectivity index (χ0n) is 10.4. The minimum atomic E-state index is -1.11. The number of hydrogen-bond donors (Lipinski definition) is 3. The van der Waals surface area contributed by atoms with Gasteiger partial charge in [0.15, 0.2) is 0 Å². The quantitative estimate of drug-likeness (QED) is 0.625. The van der Waals surface area contributed by atoms with Crippen LogP contribution in [0.15, 0.2) is 0 Å². The lowest BCUT2D eigenvalue weighted by atomic mass is 10.1. The van der Waals surface area contributed by atoms with Gasteiger partial charge in [0, 0.05) is 13.1 Å². The molecular formula is C11H19N3O4. The lowest BCUT2D eigenvalue weighted by molar-refractivity contribution is -0.137. The first-order valence-electron chi connectivity index (χ1n) is 6.04. The molecule has 0 aliphatic carbocycles. The van der Waals surface area contributed by atoms with Gasteiger partial charge in [-0.2, -0.15) is 0 Å². The summed E-state index contributed by atoms with van der Waals surface area (Å²) in [5.74, 6) is -1.08. The van der Waals surface area contributed by atoms with Crippen molar-refractivity contribution >= 4 is 17.9 Å². The average Bonchev–Trinajstić information content (AvgIpc) is 2.82. The van der Waals surface area contributed by atoms with Crippen LogP contribution in [0, 0.1) is 5.92 Å². The smallest absolute Gasteiger partial charge is 0.322 e. The predicted octanol–water partition coefficient (Wildman–Crippen LogP) is -0.371. The molecule has 0 saturated carbocycles. The molecule has 1 heterocycles. The Morgan fingerprint density at radius 1 is 1.28 bits per heavy atom. The Labute approximate surface area is 106 Å². The highest BCUT2D eigenvalue weighted by molar-refractivity contribution is 5.86. The van der Waals surface area contributed by atoms with Gasteiger partial charge >= 0.3 is 12.0 Å². The first kappa shape index (κ1) is 14.3. The molecular weight excluding hydrogens is 238 g/mol. The molecule has 1 rings (SSSR count). The van der Waals surface area contributed by atoms with Crippen LogP contribution in [0.5, 0.6) is 0 Å². The number of carbonyl (C=O) groups is 3. The van der Waals surface area contributed by atoms with Crippen molar-refractivity contribution < 1.29 is 19.5 Å². The van der Waals surface area contributed by atoms with Crippen molar-refractivity contribution in [2.75, 3.05) is 26.2 Å². The number of aliphatic carboxylic acids is 1. The van der Waals surface area contributed by atoms with Crippen molar-refractivity contribution in [2.24, 2.45) is 5.92 Å². The van der Waals surface area contributed by atoms with Gasteiger partial charge in [0.05, 0.1) is 6.54 Å². The van der Waals surface area contributed by atoms with Gasteiger partial charge in [-0.25, -0.2) is 4.79 Å². The largest absolute Gasteiger partial charge is 0.480 e. The zero-order valence-corrected chi connectivity index (χ0v) is 10.4. The summed E-state index contributed by atoms with van der Waals surface area (Å²) in [6.45, 7) is 2.89. The molecule has 102 valence electrons. The van der Waals surface area contributed by atoms with E-state index in [1.807, 2.05) is 0 Å². The summed E-state index contributed by atoms with van der Waals surface area (Å²) in [4.78, 5) is 34.7. The van der Waals surface area contributed by atoms with Crippen molar-refractivity contribution in [2.45, 2.75) is 19.8 Å². The maximum absolute atomic E-state index is 11.7. The Kier molecular flexibility index (Phi) is 5.41. The summed E-state index contributed by atoms with van der Waals surface area (Å²) in [5.41, 5.74) is 0. The Morgan fingerprint density at radius 2 is 2.00 bits per heavy atom. The zero-order chi connectivity index (χ0) is 13.5. The normalized spacial score (nSPS) is 18.5. The third-order valence-corrected chi connectivity index (χ3v) is 2.99. The summed E-state index contributed by atoms with van der Waals surface area (Å²) < 4.78 is 0. The molecule has 7 nitrogen and oxygen atoms in total. The van der Waals surface area contributed by atoms with Gasteiger partial charge in [0.25, 0.3) is 0 Å². The third-order valence-electron chi connectivity index (χ3n) is 2.99. The van der Waals surface area contributed by atoms with Crippen LogP contribution in [0.4, 0.5) is 4.79 Å². The first-order chi connectivity index (χ1) is 8.52. The van der Waals surface area contributed by atoms with E-state index in [0.717, 1.165) is 19.4 Å². The van der Waals surface area contributed by atoms with Gasteiger partial charge in [0.2, 0.25) is 5.91 Å². The number of carboxylic acids is 1. The van der Waals surface area contributed by atoms with Crippen molar-refractivity contribution in [3.05, 3.63) is 0 Å². The van der Waals surface area contributed by atoms with Crippen LogP contribution in [0.1, 0.15) is 19.8 Å². The van der Waals surface area contributed by atoms with Gasteiger partial charge in [-0.05, 0) is 12.3 Å². The lowest BCUT2D eigenvalue weighted by Crippen LogP contribution is -2.44. The summed E-state index contributed by atoms with van der Waals surface area (Å²) in [5, 5.41) is 13.0. The van der Waals surface area contributed by atoms with Crippen LogP contribution in [0.25, 0.3) is 0 Å². The van der Waals surface area contributed by atoms with E-state index in [2.05, 4.69) is 17.6 Å². The Morgan fingerprint density at radius 3 is 2.56 bits per heavy atom. The highest BCUT2D eigenvalue weighted by atomic mass is 16.4. The third kappa shape index (κ3) is 4.60. The van der Waals surface area contributed by atoms with E-state index in [4.69, 9.17) is 5.11 Å². The second-order valence-corrected chi connectivity index (χ2v) is 4.34. The van der Waals surface area contributed by atoms with E-state index >= 15 is 0 Å². The number of nitrogens with one attached hydrogen (secondary N) is 2. The number of carbonyl (C=O) groups excluding carboxylic acids is 2. The fourth-order valence-corrected chi connectivity index (χ4v) is 1.85. The molecule has 0 bridgehead atoms. The standard InChI is InChI=1S/C11H19N3O4/c1-2-8-3-4-14(7-8)11(18)13-5-9(15)12-6-10(16)17/h8H,2-7H2,1H3,(H,12,15)(H,13,18)(H,16,17). The van der Waals surface area contributed by atoms with Crippen LogP contribution < -0.4 is 10.6 Å². The molecule has 0 radical (unpaired) electrons. The maximum atomic E-state index is 11.7. The van der Waals surface area contributed by atoms with Crippen LogP contribution in [0.2, 0.25) is 0 Å². The van der Waals surface area contributed by atoms with E-state index in [-0.39, 0.29) is 12.6 Å². The second-order valence-electron chi connectivity index (χ2n) is 4.34. The maximum Gasteiger partial charge on any atom is 0.322 e. The van der Waals surface area contributed by atoms with Crippen LogP contribution in [-0.2, 0) is 9.59 Å². The molecule has 0 aromatic heterocycles. The van der Waals surface area contributed by atoms with Gasteiger partial charge < -0.3 is 20.6 Å². The van der Waals surface area contributed by atoms with Crippen LogP contribution >= 0.6 is 0 Å². The molecule has 1 fully saturated rings. The fraction of sp³-hybridized carbons (Fsp3) is 0.727. The van der Waals surface area contributed by atoms with Gasteiger partial charge in [-0.1, -0.05) is 13.3 Å². The number of carboxylic acid groups (broad SMARTS) is 1. The molecule has 1 aliphatic heterocycles. The van der Waals surface area contributed by atoms with E-state index < -0.39 is 18.4 Å². The molecule has 0 spiro atoms. The number of amides is 3. The number of rotatable bonds is 5. The molecule has 3 N–H and O–H groups in total. The van der Waals surface area contributed by atoms with Crippen molar-refractivity contribution in [1.29, 1.82) is 0 Å². The van der Waals surface area contributed by atoms with E-state index in [1.165, 1.54) is 0 Å². The molecule has 18 heavy (non-hydrogen) atoms. The predicted molar refractivity (Wildman–Crippen MR) is 64.0 cm³/mol. The van der Waals surface area contributed by atoms with E-state index in [0.29, 0.717) is 12.5 Å². The molecule has 1 unspecified atom stereocenters. The van der Waals surface area contributed by atoms with Crippen molar-refractivity contribution in [1.82, 2.24) is 15.5 Å². The first-order valence-corrected chi connectivity index (χ1v) is 6.04. The van der Waals surface area contributed by atoms with Gasteiger partial charge in [-0.15, -0.1) is 0 Å². The SMILES string of the molecule is CCC1CCN(C(=O)NCC(=O)NCC(=O)O)C1. The Balaban J connectivity index is 2.21. The van der Waals surface area contributed by atoms with E-state index in [1.54, 1.807) is 4.90 Å². The molecule has 3 amide bonds. The average molecular weight is 257 g/mol.